The predicted molar refractivity (Wildman–Crippen MR) is 131 cm³/mol. The van der Waals surface area contributed by atoms with Crippen LogP contribution in [-0.4, -0.2) is 39.9 Å². The number of carbonyl (C=O) groups is 1. The van der Waals surface area contributed by atoms with Gasteiger partial charge in [-0.25, -0.2) is 4.79 Å². The number of phenolic OH excluding ortho intramolecular Hbond substituents is 1. The Morgan fingerprint density at radius 3 is 2.18 bits per heavy atom. The average molecular weight is 468 g/mol. The zero-order chi connectivity index (χ0) is 24.0. The Bertz CT molecular complexity index is 1060. The van der Waals surface area contributed by atoms with Crippen LogP contribution in [0.25, 0.3) is 11.1 Å². The van der Waals surface area contributed by atoms with Crippen molar-refractivity contribution in [2.45, 2.75) is 38.9 Å². The molecule has 0 heterocycles. The molecule has 0 spiro atoms. The van der Waals surface area contributed by atoms with Crippen molar-refractivity contribution in [3.8, 4) is 16.9 Å². The third kappa shape index (κ3) is 7.52. The van der Waals surface area contributed by atoms with Gasteiger partial charge in [-0.3, -0.25) is 0 Å². The van der Waals surface area contributed by atoms with E-state index in [1.54, 1.807) is 36.4 Å². The summed E-state index contributed by atoms with van der Waals surface area (Å²) in [6, 6.07) is 22.1. The van der Waals surface area contributed by atoms with Crippen LogP contribution in [0, 0.1) is 0 Å². The molecule has 0 unspecified atom stereocenters. The smallest absolute Gasteiger partial charge is 0.410 e. The zero-order valence-corrected chi connectivity index (χ0v) is 19.9. The summed E-state index contributed by atoms with van der Waals surface area (Å²) in [6.45, 7) is 5.95. The van der Waals surface area contributed by atoms with Crippen LogP contribution in [0.4, 0.5) is 4.79 Å². The summed E-state index contributed by atoms with van der Waals surface area (Å²) in [5.41, 5.74) is 3.12. The Kier molecular flexibility index (Phi) is 8.01. The first kappa shape index (κ1) is 24.6. The zero-order valence-electron chi connectivity index (χ0n) is 19.2. The lowest BCUT2D eigenvalue weighted by molar-refractivity contribution is 0.0147. The molecule has 174 valence electrons. The van der Waals surface area contributed by atoms with Gasteiger partial charge in [-0.05, 0) is 73.7 Å². The van der Waals surface area contributed by atoms with E-state index in [9.17, 15) is 15.0 Å². The molecule has 0 bridgehead atoms. The average Bonchev–Trinajstić information content (AvgIpc) is 2.76. The maximum absolute atomic E-state index is 12.8. The summed E-state index contributed by atoms with van der Waals surface area (Å²) in [6.07, 6.45) is -0.741. The van der Waals surface area contributed by atoms with E-state index in [2.05, 4.69) is 0 Å². The van der Waals surface area contributed by atoms with Gasteiger partial charge in [0.1, 0.15) is 11.4 Å². The number of halogens is 1. The van der Waals surface area contributed by atoms with Crippen molar-refractivity contribution < 1.29 is 19.7 Å². The summed E-state index contributed by atoms with van der Waals surface area (Å²) in [5, 5.41) is 20.7. The van der Waals surface area contributed by atoms with Gasteiger partial charge in [0.25, 0.3) is 0 Å². The topological polar surface area (TPSA) is 70.0 Å². The van der Waals surface area contributed by atoms with E-state index in [0.29, 0.717) is 23.6 Å². The first-order chi connectivity index (χ1) is 15.6. The van der Waals surface area contributed by atoms with Crippen LogP contribution in [0.3, 0.4) is 0 Å². The van der Waals surface area contributed by atoms with E-state index in [0.717, 1.165) is 16.7 Å². The molecule has 0 aliphatic carbocycles. The molecule has 0 aliphatic rings. The number of aliphatic hydroxyl groups is 1. The Balaban J connectivity index is 1.70. The fourth-order valence-corrected chi connectivity index (χ4v) is 3.59. The normalized spacial score (nSPS) is 12.3. The molecule has 0 radical (unpaired) electrons. The van der Waals surface area contributed by atoms with Crippen molar-refractivity contribution >= 4 is 17.7 Å². The van der Waals surface area contributed by atoms with Crippen molar-refractivity contribution in [2.24, 2.45) is 0 Å². The number of aromatic hydroxyl groups is 1. The van der Waals surface area contributed by atoms with Crippen LogP contribution in [0.15, 0.2) is 72.8 Å². The fourth-order valence-electron chi connectivity index (χ4n) is 3.39. The molecule has 1 amide bonds. The van der Waals surface area contributed by atoms with Crippen molar-refractivity contribution in [3.63, 3.8) is 0 Å². The number of benzene rings is 3. The summed E-state index contributed by atoms with van der Waals surface area (Å²) >= 11 is 6.05. The SMILES string of the molecule is CC(C)(C)OC(=O)N(CCc1ccc(-c2ccc(O)cc2)cc1)C[C@H](O)c1cccc(Cl)c1. The molecule has 0 aliphatic heterocycles. The quantitative estimate of drug-likeness (QED) is 0.432. The first-order valence-corrected chi connectivity index (χ1v) is 11.3. The van der Waals surface area contributed by atoms with Gasteiger partial charge >= 0.3 is 6.09 Å². The Morgan fingerprint density at radius 1 is 1.00 bits per heavy atom. The molecule has 33 heavy (non-hydrogen) atoms. The Morgan fingerprint density at radius 2 is 1.61 bits per heavy atom. The minimum atomic E-state index is -0.881. The van der Waals surface area contributed by atoms with Gasteiger partial charge in [0.05, 0.1) is 12.6 Å². The lowest BCUT2D eigenvalue weighted by Gasteiger charge is -2.29. The molecule has 0 fully saturated rings. The van der Waals surface area contributed by atoms with Crippen LogP contribution < -0.4 is 0 Å². The van der Waals surface area contributed by atoms with Crippen LogP contribution >= 0.6 is 11.6 Å². The molecule has 3 aromatic carbocycles. The third-order valence-corrected chi connectivity index (χ3v) is 5.34. The summed E-state index contributed by atoms with van der Waals surface area (Å²) < 4.78 is 5.56. The molecular formula is C27H30ClNO4. The highest BCUT2D eigenvalue weighted by Crippen LogP contribution is 2.23. The van der Waals surface area contributed by atoms with Crippen LogP contribution in [0.2, 0.25) is 5.02 Å². The number of hydrogen-bond acceptors (Lipinski definition) is 4. The van der Waals surface area contributed by atoms with E-state index in [1.165, 1.54) is 4.90 Å². The second-order valence-corrected chi connectivity index (χ2v) is 9.43. The van der Waals surface area contributed by atoms with Gasteiger partial charge in [0, 0.05) is 11.6 Å². The molecule has 0 aromatic heterocycles. The molecular weight excluding hydrogens is 438 g/mol. The third-order valence-electron chi connectivity index (χ3n) is 5.10. The van der Waals surface area contributed by atoms with E-state index in [4.69, 9.17) is 16.3 Å². The number of aliphatic hydroxyl groups excluding tert-OH is 1. The van der Waals surface area contributed by atoms with E-state index < -0.39 is 17.8 Å². The van der Waals surface area contributed by atoms with Gasteiger partial charge in [0.15, 0.2) is 0 Å². The van der Waals surface area contributed by atoms with E-state index in [-0.39, 0.29) is 12.3 Å². The monoisotopic (exact) mass is 467 g/mol. The molecule has 1 atom stereocenters. The Labute approximate surface area is 200 Å². The second kappa shape index (κ2) is 10.7. The van der Waals surface area contributed by atoms with Gasteiger partial charge < -0.3 is 19.8 Å². The molecule has 3 aromatic rings. The van der Waals surface area contributed by atoms with Crippen molar-refractivity contribution in [1.82, 2.24) is 4.90 Å². The maximum atomic E-state index is 12.8. The highest BCUT2D eigenvalue weighted by atomic mass is 35.5. The van der Waals surface area contributed by atoms with Crippen LogP contribution in [0.5, 0.6) is 5.75 Å². The first-order valence-electron chi connectivity index (χ1n) is 10.9. The summed E-state index contributed by atoms with van der Waals surface area (Å²) in [5.74, 6) is 0.234. The number of phenols is 1. The Hall–Kier alpha value is -3.02. The number of hydrogen-bond donors (Lipinski definition) is 2. The highest BCUT2D eigenvalue weighted by Gasteiger charge is 2.24. The largest absolute Gasteiger partial charge is 0.508 e. The molecule has 6 heteroatoms. The van der Waals surface area contributed by atoms with E-state index in [1.807, 2.05) is 57.2 Å². The van der Waals surface area contributed by atoms with Crippen LogP contribution in [0.1, 0.15) is 38.0 Å². The number of carbonyl (C=O) groups excluding carboxylic acids is 1. The lowest BCUT2D eigenvalue weighted by atomic mass is 10.0. The molecule has 2 N–H and O–H groups in total. The van der Waals surface area contributed by atoms with Gasteiger partial charge in [0.2, 0.25) is 0 Å². The standard InChI is InChI=1S/C27H30ClNO4/c1-27(2,3)33-26(32)29(18-25(31)22-5-4-6-23(28)17-22)16-15-19-7-9-20(10-8-19)21-11-13-24(30)14-12-21/h4-14,17,25,30-31H,15-16,18H2,1-3H3/t25-/m0/s1. The van der Waals surface area contributed by atoms with Gasteiger partial charge in [-0.15, -0.1) is 0 Å². The molecule has 5 nitrogen and oxygen atoms in total. The van der Waals surface area contributed by atoms with Crippen molar-refractivity contribution in [3.05, 3.63) is 88.9 Å². The lowest BCUT2D eigenvalue weighted by Crippen LogP contribution is -2.40. The van der Waals surface area contributed by atoms with Crippen LogP contribution in [-0.2, 0) is 11.2 Å². The number of nitrogens with zero attached hydrogens (tertiary/aromatic N) is 1. The van der Waals surface area contributed by atoms with Gasteiger partial charge in [-0.2, -0.15) is 0 Å². The fraction of sp³-hybridized carbons (Fsp3) is 0.296. The number of amides is 1. The number of rotatable bonds is 7. The minimum Gasteiger partial charge on any atom is -0.508 e. The maximum Gasteiger partial charge on any atom is 0.410 e. The molecule has 0 saturated heterocycles. The summed E-state index contributed by atoms with van der Waals surface area (Å²) in [4.78, 5) is 14.4. The number of ether oxygens (including phenoxy) is 1. The molecule has 3 rings (SSSR count). The molecule has 0 saturated carbocycles. The van der Waals surface area contributed by atoms with Crippen molar-refractivity contribution in [1.29, 1.82) is 0 Å². The van der Waals surface area contributed by atoms with Gasteiger partial charge in [-0.1, -0.05) is 60.1 Å². The predicted octanol–water partition coefficient (Wildman–Crippen LogP) is 6.23. The van der Waals surface area contributed by atoms with E-state index >= 15 is 0 Å². The minimum absolute atomic E-state index is 0.0981. The summed E-state index contributed by atoms with van der Waals surface area (Å²) in [7, 11) is 0. The second-order valence-electron chi connectivity index (χ2n) is 8.99. The van der Waals surface area contributed by atoms with Crippen molar-refractivity contribution in [2.75, 3.05) is 13.1 Å². The highest BCUT2D eigenvalue weighted by molar-refractivity contribution is 6.30.